The Morgan fingerprint density at radius 2 is 2.44 bits per heavy atom. The molecule has 1 aromatic rings. The Balaban J connectivity index is 2.89. The number of aromatic nitrogens is 1. The SMILES string of the molecule is C=CCN(CCO)C(=O)c1cccnc1Cl. The number of hydrogen-bond donors (Lipinski definition) is 1. The van der Waals surface area contributed by atoms with Gasteiger partial charge in [0.2, 0.25) is 0 Å². The van der Waals surface area contributed by atoms with Crippen molar-refractivity contribution in [1.82, 2.24) is 9.88 Å². The second kappa shape index (κ2) is 6.25. The molecule has 86 valence electrons. The van der Waals surface area contributed by atoms with E-state index in [1.54, 1.807) is 18.2 Å². The van der Waals surface area contributed by atoms with Crippen molar-refractivity contribution in [2.75, 3.05) is 19.7 Å². The summed E-state index contributed by atoms with van der Waals surface area (Å²) in [5, 5.41) is 9.02. The molecule has 1 N–H and O–H groups in total. The van der Waals surface area contributed by atoms with E-state index < -0.39 is 0 Å². The van der Waals surface area contributed by atoms with Gasteiger partial charge in [0.25, 0.3) is 5.91 Å². The number of aliphatic hydroxyl groups is 1. The summed E-state index contributed by atoms with van der Waals surface area (Å²) in [7, 11) is 0. The molecule has 0 unspecified atom stereocenters. The number of pyridine rings is 1. The standard InChI is InChI=1S/C11H13ClN2O2/c1-2-6-14(7-8-15)11(16)9-4-3-5-13-10(9)12/h2-5,15H,1,6-8H2. The third kappa shape index (κ3) is 3.05. The minimum atomic E-state index is -0.257. The van der Waals surface area contributed by atoms with Crippen LogP contribution in [-0.4, -0.2) is 40.6 Å². The Morgan fingerprint density at radius 3 is 3.00 bits per heavy atom. The van der Waals surface area contributed by atoms with Gasteiger partial charge in [-0.3, -0.25) is 4.79 Å². The highest BCUT2D eigenvalue weighted by atomic mass is 35.5. The van der Waals surface area contributed by atoms with E-state index >= 15 is 0 Å². The summed E-state index contributed by atoms with van der Waals surface area (Å²) < 4.78 is 0. The fourth-order valence-electron chi connectivity index (χ4n) is 1.27. The molecular weight excluding hydrogens is 228 g/mol. The molecule has 0 bridgehead atoms. The molecule has 0 aliphatic carbocycles. The molecule has 0 radical (unpaired) electrons. The van der Waals surface area contributed by atoms with E-state index in [1.165, 1.54) is 11.1 Å². The minimum Gasteiger partial charge on any atom is -0.395 e. The lowest BCUT2D eigenvalue weighted by atomic mass is 10.2. The van der Waals surface area contributed by atoms with Crippen molar-refractivity contribution in [3.63, 3.8) is 0 Å². The van der Waals surface area contributed by atoms with Crippen LogP contribution >= 0.6 is 11.6 Å². The predicted molar refractivity (Wildman–Crippen MR) is 62.4 cm³/mol. The van der Waals surface area contributed by atoms with Crippen LogP contribution < -0.4 is 0 Å². The largest absolute Gasteiger partial charge is 0.395 e. The van der Waals surface area contributed by atoms with Crippen LogP contribution in [0, 0.1) is 0 Å². The van der Waals surface area contributed by atoms with E-state index in [2.05, 4.69) is 11.6 Å². The third-order valence-electron chi connectivity index (χ3n) is 2.00. The second-order valence-electron chi connectivity index (χ2n) is 3.11. The Labute approximate surface area is 99.2 Å². The number of carbonyl (C=O) groups excluding carboxylic acids is 1. The molecule has 0 atom stereocenters. The Hall–Kier alpha value is -1.39. The molecule has 4 nitrogen and oxygen atoms in total. The number of carbonyl (C=O) groups is 1. The first kappa shape index (κ1) is 12.7. The summed E-state index contributed by atoms with van der Waals surface area (Å²) in [5.74, 6) is -0.257. The molecule has 1 amide bonds. The van der Waals surface area contributed by atoms with Gasteiger partial charge in [-0.15, -0.1) is 6.58 Å². The van der Waals surface area contributed by atoms with E-state index in [-0.39, 0.29) is 24.2 Å². The van der Waals surface area contributed by atoms with E-state index in [0.29, 0.717) is 12.1 Å². The van der Waals surface area contributed by atoms with Gasteiger partial charge in [0, 0.05) is 19.3 Å². The van der Waals surface area contributed by atoms with Crippen molar-refractivity contribution in [1.29, 1.82) is 0 Å². The molecule has 1 rings (SSSR count). The topological polar surface area (TPSA) is 53.4 Å². The molecule has 0 saturated carbocycles. The van der Waals surface area contributed by atoms with Crippen molar-refractivity contribution >= 4 is 17.5 Å². The maximum absolute atomic E-state index is 12.0. The zero-order valence-electron chi connectivity index (χ0n) is 8.77. The van der Waals surface area contributed by atoms with Gasteiger partial charge in [0.1, 0.15) is 5.15 Å². The first-order valence-corrected chi connectivity index (χ1v) is 5.20. The summed E-state index contributed by atoms with van der Waals surface area (Å²) in [6.45, 7) is 4.07. The monoisotopic (exact) mass is 240 g/mol. The van der Waals surface area contributed by atoms with Crippen molar-refractivity contribution in [2.45, 2.75) is 0 Å². The normalized spacial score (nSPS) is 9.88. The lowest BCUT2D eigenvalue weighted by molar-refractivity contribution is 0.0742. The first-order chi connectivity index (χ1) is 7.70. The van der Waals surface area contributed by atoms with Crippen molar-refractivity contribution < 1.29 is 9.90 Å². The van der Waals surface area contributed by atoms with Crippen molar-refractivity contribution in [2.24, 2.45) is 0 Å². The van der Waals surface area contributed by atoms with Crippen LogP contribution in [0.1, 0.15) is 10.4 Å². The van der Waals surface area contributed by atoms with Gasteiger partial charge in [0.15, 0.2) is 0 Å². The highest BCUT2D eigenvalue weighted by Crippen LogP contribution is 2.14. The third-order valence-corrected chi connectivity index (χ3v) is 2.30. The van der Waals surface area contributed by atoms with Crippen LogP contribution in [0.25, 0.3) is 0 Å². The molecule has 0 aliphatic rings. The number of hydrogen-bond acceptors (Lipinski definition) is 3. The lowest BCUT2D eigenvalue weighted by Gasteiger charge is -2.20. The molecule has 1 heterocycles. The van der Waals surface area contributed by atoms with Gasteiger partial charge in [-0.25, -0.2) is 4.98 Å². The van der Waals surface area contributed by atoms with Gasteiger partial charge in [-0.05, 0) is 12.1 Å². The van der Waals surface area contributed by atoms with Crippen LogP contribution in [0.3, 0.4) is 0 Å². The Morgan fingerprint density at radius 1 is 1.69 bits per heavy atom. The van der Waals surface area contributed by atoms with Gasteiger partial charge >= 0.3 is 0 Å². The molecule has 0 fully saturated rings. The average molecular weight is 241 g/mol. The summed E-state index contributed by atoms with van der Waals surface area (Å²) >= 11 is 5.82. The van der Waals surface area contributed by atoms with Crippen LogP contribution in [-0.2, 0) is 0 Å². The molecule has 0 aliphatic heterocycles. The molecule has 1 aromatic heterocycles. The van der Waals surface area contributed by atoms with Crippen LogP contribution in [0.2, 0.25) is 5.15 Å². The van der Waals surface area contributed by atoms with E-state index in [4.69, 9.17) is 16.7 Å². The zero-order chi connectivity index (χ0) is 12.0. The fourth-order valence-corrected chi connectivity index (χ4v) is 1.47. The number of rotatable bonds is 5. The van der Waals surface area contributed by atoms with Crippen LogP contribution in [0.4, 0.5) is 0 Å². The molecule has 0 aromatic carbocycles. The maximum Gasteiger partial charge on any atom is 0.257 e. The average Bonchev–Trinajstić information content (AvgIpc) is 2.28. The summed E-state index contributed by atoms with van der Waals surface area (Å²) in [4.78, 5) is 17.3. The molecule has 0 spiro atoms. The van der Waals surface area contributed by atoms with Gasteiger partial charge in [-0.2, -0.15) is 0 Å². The number of amides is 1. The van der Waals surface area contributed by atoms with Crippen molar-refractivity contribution in [3.8, 4) is 0 Å². The summed E-state index contributed by atoms with van der Waals surface area (Å²) in [6.07, 6.45) is 3.11. The van der Waals surface area contributed by atoms with Gasteiger partial charge in [-0.1, -0.05) is 17.7 Å². The fraction of sp³-hybridized carbons (Fsp3) is 0.273. The quantitative estimate of drug-likeness (QED) is 0.625. The van der Waals surface area contributed by atoms with E-state index in [0.717, 1.165) is 0 Å². The number of nitrogens with zero attached hydrogens (tertiary/aromatic N) is 2. The Kier molecular flexibility index (Phi) is 4.95. The number of aliphatic hydroxyl groups excluding tert-OH is 1. The summed E-state index contributed by atoms with van der Waals surface area (Å²) in [5.41, 5.74) is 0.333. The molecule has 0 saturated heterocycles. The minimum absolute atomic E-state index is 0.0997. The Bertz CT molecular complexity index is 382. The lowest BCUT2D eigenvalue weighted by Crippen LogP contribution is -2.33. The molecule has 5 heteroatoms. The maximum atomic E-state index is 12.0. The van der Waals surface area contributed by atoms with Crippen molar-refractivity contribution in [3.05, 3.63) is 41.7 Å². The smallest absolute Gasteiger partial charge is 0.257 e. The molecule has 16 heavy (non-hydrogen) atoms. The van der Waals surface area contributed by atoms with Gasteiger partial charge < -0.3 is 10.0 Å². The van der Waals surface area contributed by atoms with Gasteiger partial charge in [0.05, 0.1) is 12.2 Å². The van der Waals surface area contributed by atoms with Crippen LogP contribution in [0.15, 0.2) is 31.0 Å². The summed E-state index contributed by atoms with van der Waals surface area (Å²) in [6, 6.07) is 3.25. The highest BCUT2D eigenvalue weighted by molar-refractivity contribution is 6.32. The second-order valence-corrected chi connectivity index (χ2v) is 3.46. The van der Waals surface area contributed by atoms with Crippen LogP contribution in [0.5, 0.6) is 0 Å². The highest BCUT2D eigenvalue weighted by Gasteiger charge is 2.17. The first-order valence-electron chi connectivity index (χ1n) is 4.82. The number of halogens is 1. The predicted octanol–water partition coefficient (Wildman–Crippen LogP) is 1.36. The van der Waals surface area contributed by atoms with E-state index in [9.17, 15) is 4.79 Å². The zero-order valence-corrected chi connectivity index (χ0v) is 9.52. The van der Waals surface area contributed by atoms with E-state index in [1.807, 2.05) is 0 Å². The molecular formula is C11H13ClN2O2.